The summed E-state index contributed by atoms with van der Waals surface area (Å²) >= 11 is 0. The van der Waals surface area contributed by atoms with Gasteiger partial charge in [-0.1, -0.05) is 76.5 Å². The van der Waals surface area contributed by atoms with Crippen molar-refractivity contribution in [3.8, 4) is 5.75 Å². The average Bonchev–Trinajstić information content (AvgIpc) is 3.35. The minimum absolute atomic E-state index is 0.0876. The van der Waals surface area contributed by atoms with E-state index < -0.39 is 26.4 Å². The highest BCUT2D eigenvalue weighted by atomic mass is 31.2. The predicted octanol–water partition coefficient (Wildman–Crippen LogP) is 4.85. The fourth-order valence-electron chi connectivity index (χ4n) is 3.71. The van der Waals surface area contributed by atoms with E-state index in [1.54, 1.807) is 0 Å². The summed E-state index contributed by atoms with van der Waals surface area (Å²) in [6.07, 6.45) is 12.7. The van der Waals surface area contributed by atoms with E-state index in [2.05, 4.69) is 21.6 Å². The molecular weight excluding hydrogens is 513 g/mol. The van der Waals surface area contributed by atoms with E-state index in [-0.39, 0.29) is 18.9 Å². The summed E-state index contributed by atoms with van der Waals surface area (Å²) in [5.41, 5.74) is 6.29. The van der Waals surface area contributed by atoms with Gasteiger partial charge in [0.2, 0.25) is 11.8 Å². The summed E-state index contributed by atoms with van der Waals surface area (Å²) in [6.45, 7) is 2.05. The van der Waals surface area contributed by atoms with Crippen LogP contribution in [-0.2, 0) is 37.7 Å². The first-order valence-electron chi connectivity index (χ1n) is 13.4. The lowest BCUT2D eigenvalue weighted by Crippen LogP contribution is -2.34. The van der Waals surface area contributed by atoms with Gasteiger partial charge in [-0.25, -0.2) is 4.57 Å². The van der Waals surface area contributed by atoms with Crippen molar-refractivity contribution in [3.05, 3.63) is 41.6 Å². The number of rotatable bonds is 22. The standard InChI is InChI=1S/C26H42N3O8P/c1-2-3-4-5-6-7-8-9-12-18-34-23-14-11-10-13-21(23)15-16-24-28-29-25(37-24)17-19-35-38(32,33)36-20-22(27)26(30)31/h10-11,13-14,22H,2-9,12,15-20,27H2,1H3,(H,30,31)(H,32,33)/t22-/m0/s1. The Kier molecular flexibility index (Phi) is 15.2. The van der Waals surface area contributed by atoms with Gasteiger partial charge in [0.25, 0.3) is 0 Å². The second kappa shape index (κ2) is 18.1. The zero-order valence-electron chi connectivity index (χ0n) is 22.3. The SMILES string of the molecule is CCCCCCCCCCCOc1ccccc1CCc1nnc(CCOP(=O)(O)OC[C@H](N)C(=O)O)o1. The van der Waals surface area contributed by atoms with Gasteiger partial charge in [-0.15, -0.1) is 10.2 Å². The van der Waals surface area contributed by atoms with Gasteiger partial charge < -0.3 is 24.9 Å². The highest BCUT2D eigenvalue weighted by molar-refractivity contribution is 7.47. The third-order valence-corrected chi connectivity index (χ3v) is 6.88. The Morgan fingerprint density at radius 2 is 1.58 bits per heavy atom. The second-order valence-corrected chi connectivity index (χ2v) is 10.6. The van der Waals surface area contributed by atoms with Gasteiger partial charge in [-0.05, 0) is 24.5 Å². The van der Waals surface area contributed by atoms with Gasteiger partial charge in [0.1, 0.15) is 11.8 Å². The quantitative estimate of drug-likeness (QED) is 0.134. The van der Waals surface area contributed by atoms with E-state index in [1.165, 1.54) is 51.4 Å². The van der Waals surface area contributed by atoms with Gasteiger partial charge in [0, 0.05) is 6.42 Å². The van der Waals surface area contributed by atoms with Gasteiger partial charge in [0.15, 0.2) is 0 Å². The number of nitrogens with zero attached hydrogens (tertiary/aromatic N) is 2. The first kappa shape index (κ1) is 31.9. The van der Waals surface area contributed by atoms with Gasteiger partial charge in [-0.2, -0.15) is 0 Å². The van der Waals surface area contributed by atoms with Crippen molar-refractivity contribution in [2.75, 3.05) is 19.8 Å². The number of aryl methyl sites for hydroxylation is 2. The maximum Gasteiger partial charge on any atom is 0.472 e. The van der Waals surface area contributed by atoms with E-state index in [0.29, 0.717) is 25.3 Å². The highest BCUT2D eigenvalue weighted by Gasteiger charge is 2.24. The molecule has 0 aliphatic carbocycles. The number of para-hydroxylation sites is 1. The molecule has 2 aromatic rings. The van der Waals surface area contributed by atoms with Crippen molar-refractivity contribution in [3.63, 3.8) is 0 Å². The van der Waals surface area contributed by atoms with Gasteiger partial charge >= 0.3 is 13.8 Å². The summed E-state index contributed by atoms with van der Waals surface area (Å²) < 4.78 is 32.8. The largest absolute Gasteiger partial charge is 0.493 e. The molecular formula is C26H42N3O8P. The predicted molar refractivity (Wildman–Crippen MR) is 142 cm³/mol. The normalized spacial score (nSPS) is 13.8. The summed E-state index contributed by atoms with van der Waals surface area (Å²) in [4.78, 5) is 20.3. The van der Waals surface area contributed by atoms with Crippen LogP contribution in [0.2, 0.25) is 0 Å². The van der Waals surface area contributed by atoms with E-state index in [0.717, 1.165) is 17.7 Å². The molecule has 1 aromatic carbocycles. The number of aliphatic carboxylic acids is 1. The van der Waals surface area contributed by atoms with E-state index in [9.17, 15) is 14.3 Å². The van der Waals surface area contributed by atoms with Crippen LogP contribution >= 0.6 is 7.82 Å². The van der Waals surface area contributed by atoms with Crippen LogP contribution in [0.5, 0.6) is 5.75 Å². The molecule has 0 spiro atoms. The van der Waals surface area contributed by atoms with Crippen LogP contribution in [0.3, 0.4) is 0 Å². The van der Waals surface area contributed by atoms with E-state index in [1.807, 2.05) is 24.3 Å². The number of nitrogens with two attached hydrogens (primary N) is 1. The number of aromatic nitrogens is 2. The molecule has 0 bridgehead atoms. The second-order valence-electron chi connectivity index (χ2n) is 9.17. The van der Waals surface area contributed by atoms with E-state index >= 15 is 0 Å². The lowest BCUT2D eigenvalue weighted by molar-refractivity contribution is -0.139. The molecule has 0 amide bonds. The first-order chi connectivity index (χ1) is 18.3. The number of benzene rings is 1. The van der Waals surface area contributed by atoms with Crippen molar-refractivity contribution < 1.29 is 37.6 Å². The molecule has 0 aliphatic heterocycles. The number of hydrogen-bond acceptors (Lipinski definition) is 9. The summed E-state index contributed by atoms with van der Waals surface area (Å²) in [6, 6.07) is 6.49. The topological polar surface area (TPSA) is 167 Å². The fraction of sp³-hybridized carbons (Fsp3) is 0.654. The molecule has 0 fully saturated rings. The minimum atomic E-state index is -4.45. The number of hydrogen-bond donors (Lipinski definition) is 3. The number of phosphoric ester groups is 1. The molecule has 0 saturated carbocycles. The smallest absolute Gasteiger partial charge is 0.472 e. The van der Waals surface area contributed by atoms with E-state index in [4.69, 9.17) is 24.5 Å². The van der Waals surface area contributed by atoms with Crippen LogP contribution in [0, 0.1) is 0 Å². The number of ether oxygens (including phenoxy) is 1. The fourth-order valence-corrected chi connectivity index (χ4v) is 4.45. The van der Waals surface area contributed by atoms with Crippen LogP contribution in [0.4, 0.5) is 0 Å². The van der Waals surface area contributed by atoms with Crippen LogP contribution in [0.25, 0.3) is 0 Å². The third-order valence-electron chi connectivity index (χ3n) is 5.90. The van der Waals surface area contributed by atoms with Gasteiger partial charge in [0.05, 0.1) is 26.2 Å². The molecule has 12 heteroatoms. The summed E-state index contributed by atoms with van der Waals surface area (Å²) in [5.74, 6) is 0.194. The maximum absolute atomic E-state index is 11.8. The molecule has 0 saturated heterocycles. The van der Waals surface area contributed by atoms with Crippen LogP contribution in [0.15, 0.2) is 28.7 Å². The average molecular weight is 556 g/mol. The molecule has 38 heavy (non-hydrogen) atoms. The maximum atomic E-state index is 11.8. The molecule has 1 unspecified atom stereocenters. The molecule has 1 heterocycles. The van der Waals surface area contributed by atoms with Crippen molar-refractivity contribution in [2.24, 2.45) is 5.73 Å². The third kappa shape index (κ3) is 13.5. The summed E-state index contributed by atoms with van der Waals surface area (Å²) in [7, 11) is -4.45. The lowest BCUT2D eigenvalue weighted by Gasteiger charge is -2.13. The summed E-state index contributed by atoms with van der Waals surface area (Å²) in [5, 5.41) is 16.6. The molecule has 4 N–H and O–H groups in total. The zero-order chi connectivity index (χ0) is 27.6. The Hall–Kier alpha value is -2.30. The number of carboxylic acids is 1. The zero-order valence-corrected chi connectivity index (χ0v) is 23.2. The van der Waals surface area contributed by atoms with Crippen molar-refractivity contribution in [1.82, 2.24) is 10.2 Å². The number of carbonyl (C=O) groups is 1. The Bertz CT molecular complexity index is 987. The van der Waals surface area contributed by atoms with Crippen molar-refractivity contribution >= 4 is 13.8 Å². The molecule has 2 atom stereocenters. The lowest BCUT2D eigenvalue weighted by atomic mass is 10.1. The molecule has 2 rings (SSSR count). The Morgan fingerprint density at radius 3 is 2.26 bits per heavy atom. The first-order valence-corrected chi connectivity index (χ1v) is 14.9. The van der Waals surface area contributed by atoms with Gasteiger partial charge in [-0.3, -0.25) is 13.8 Å². The Labute approximate surface area is 224 Å². The molecule has 11 nitrogen and oxygen atoms in total. The van der Waals surface area contributed by atoms with Crippen LogP contribution < -0.4 is 10.5 Å². The monoisotopic (exact) mass is 555 g/mol. The molecule has 1 aromatic heterocycles. The van der Waals surface area contributed by atoms with Crippen molar-refractivity contribution in [2.45, 2.75) is 90.0 Å². The van der Waals surface area contributed by atoms with Crippen LogP contribution in [-0.4, -0.2) is 52.0 Å². The highest BCUT2D eigenvalue weighted by Crippen LogP contribution is 2.43. The molecule has 0 radical (unpaired) electrons. The van der Waals surface area contributed by atoms with Crippen molar-refractivity contribution in [1.29, 1.82) is 0 Å². The Morgan fingerprint density at radius 1 is 0.947 bits per heavy atom. The number of carboxylic acid groups (broad SMARTS) is 1. The van der Waals surface area contributed by atoms with Crippen LogP contribution in [0.1, 0.15) is 82.1 Å². The number of unbranched alkanes of at least 4 members (excludes halogenated alkanes) is 8. The Balaban J connectivity index is 1.66. The number of phosphoric acid groups is 1. The molecule has 214 valence electrons. The minimum Gasteiger partial charge on any atom is -0.493 e. The molecule has 0 aliphatic rings.